The molecule has 2 fully saturated rings. The maximum Gasteiger partial charge on any atom is 0.260 e. The summed E-state index contributed by atoms with van der Waals surface area (Å²) in [6.45, 7) is 4.47. The van der Waals surface area contributed by atoms with E-state index >= 15 is 0 Å². The van der Waals surface area contributed by atoms with Crippen LogP contribution in [-0.2, 0) is 9.59 Å². The third-order valence-corrected chi connectivity index (χ3v) is 5.56. The summed E-state index contributed by atoms with van der Waals surface area (Å²) >= 11 is 5.85. The van der Waals surface area contributed by atoms with Gasteiger partial charge in [0.1, 0.15) is 5.75 Å². The Balaban J connectivity index is 1.47. The molecule has 1 aromatic carbocycles. The number of benzene rings is 1. The summed E-state index contributed by atoms with van der Waals surface area (Å²) in [5.41, 5.74) is 0. The van der Waals surface area contributed by atoms with E-state index in [1.54, 1.807) is 29.2 Å². The molecule has 0 N–H and O–H groups in total. The third-order valence-electron chi connectivity index (χ3n) is 5.31. The highest BCUT2D eigenvalue weighted by Crippen LogP contribution is 2.19. The Bertz CT molecular complexity index is 652. The fourth-order valence-electron chi connectivity index (χ4n) is 3.78. The van der Waals surface area contributed by atoms with Crippen LogP contribution in [0.3, 0.4) is 0 Å². The zero-order valence-electron chi connectivity index (χ0n) is 15.9. The fourth-order valence-corrected chi connectivity index (χ4v) is 3.91. The van der Waals surface area contributed by atoms with E-state index in [0.29, 0.717) is 30.4 Å². The van der Waals surface area contributed by atoms with E-state index in [2.05, 4.69) is 11.9 Å². The number of likely N-dealkylation sites (tertiary alicyclic amines) is 1. The second-order valence-electron chi connectivity index (χ2n) is 7.40. The lowest BCUT2D eigenvalue weighted by atomic mass is 9.97. The molecular formula is C20H28ClN3O3. The van der Waals surface area contributed by atoms with Gasteiger partial charge in [0, 0.05) is 37.7 Å². The van der Waals surface area contributed by atoms with Crippen LogP contribution in [0.5, 0.6) is 5.75 Å². The van der Waals surface area contributed by atoms with Crippen molar-refractivity contribution in [3.05, 3.63) is 29.3 Å². The zero-order chi connectivity index (χ0) is 19.2. The lowest BCUT2D eigenvalue weighted by Crippen LogP contribution is -2.45. The van der Waals surface area contributed by atoms with Crippen molar-refractivity contribution in [3.8, 4) is 5.75 Å². The maximum absolute atomic E-state index is 12.8. The number of amides is 2. The molecule has 0 aromatic heterocycles. The van der Waals surface area contributed by atoms with Gasteiger partial charge in [0.15, 0.2) is 6.61 Å². The lowest BCUT2D eigenvalue weighted by molar-refractivity contribution is -0.138. The average molecular weight is 394 g/mol. The molecule has 6 nitrogen and oxygen atoms in total. The summed E-state index contributed by atoms with van der Waals surface area (Å²) in [5, 5.41) is 0.634. The minimum Gasteiger partial charge on any atom is -0.484 e. The van der Waals surface area contributed by atoms with Gasteiger partial charge in [-0.2, -0.15) is 0 Å². The standard InChI is InChI=1S/C20H28ClN3O3/c1-22-9-2-4-16(14-22)20(26)24-11-3-10-23(12-13-24)19(25)15-27-18-7-5-17(21)6-8-18/h5-8,16H,2-4,9-15H2,1H3. The Morgan fingerprint density at radius 1 is 1.04 bits per heavy atom. The van der Waals surface area contributed by atoms with Crippen molar-refractivity contribution >= 4 is 23.4 Å². The average Bonchev–Trinajstić information content (AvgIpc) is 2.93. The molecule has 0 aliphatic carbocycles. The number of rotatable bonds is 4. The van der Waals surface area contributed by atoms with Crippen molar-refractivity contribution in [3.63, 3.8) is 0 Å². The number of carbonyl (C=O) groups excluding carboxylic acids is 2. The highest BCUT2D eigenvalue weighted by molar-refractivity contribution is 6.30. The number of hydrogen-bond donors (Lipinski definition) is 0. The monoisotopic (exact) mass is 393 g/mol. The summed E-state index contributed by atoms with van der Waals surface area (Å²) < 4.78 is 5.56. The van der Waals surface area contributed by atoms with E-state index in [4.69, 9.17) is 16.3 Å². The van der Waals surface area contributed by atoms with Crippen molar-refractivity contribution in [2.45, 2.75) is 19.3 Å². The molecule has 27 heavy (non-hydrogen) atoms. The predicted molar refractivity (Wildman–Crippen MR) is 105 cm³/mol. The van der Waals surface area contributed by atoms with Gasteiger partial charge in [0.05, 0.1) is 5.92 Å². The van der Waals surface area contributed by atoms with Gasteiger partial charge in [-0.05, 0) is 57.1 Å². The lowest BCUT2D eigenvalue weighted by Gasteiger charge is -2.32. The third kappa shape index (κ3) is 5.59. The second kappa shape index (κ2) is 9.42. The molecule has 0 saturated carbocycles. The molecule has 0 radical (unpaired) electrons. The first kappa shape index (κ1) is 20.0. The molecule has 1 unspecified atom stereocenters. The summed E-state index contributed by atoms with van der Waals surface area (Å²) in [7, 11) is 2.07. The number of carbonyl (C=O) groups is 2. The van der Waals surface area contributed by atoms with Gasteiger partial charge >= 0.3 is 0 Å². The van der Waals surface area contributed by atoms with Crippen LogP contribution >= 0.6 is 11.6 Å². The van der Waals surface area contributed by atoms with Crippen LogP contribution in [0.15, 0.2) is 24.3 Å². The van der Waals surface area contributed by atoms with Crippen LogP contribution in [0, 0.1) is 5.92 Å². The molecule has 0 spiro atoms. The predicted octanol–water partition coefficient (Wildman–Crippen LogP) is 2.12. The first-order valence-electron chi connectivity index (χ1n) is 9.66. The van der Waals surface area contributed by atoms with Gasteiger partial charge in [-0.1, -0.05) is 11.6 Å². The van der Waals surface area contributed by atoms with E-state index in [9.17, 15) is 9.59 Å². The maximum atomic E-state index is 12.8. The summed E-state index contributed by atoms with van der Waals surface area (Å²) in [5.74, 6) is 0.921. The van der Waals surface area contributed by atoms with Crippen LogP contribution in [0.1, 0.15) is 19.3 Å². The van der Waals surface area contributed by atoms with Crippen molar-refractivity contribution in [2.75, 3.05) is 52.9 Å². The summed E-state index contributed by atoms with van der Waals surface area (Å²) in [6.07, 6.45) is 2.85. The van der Waals surface area contributed by atoms with E-state index in [0.717, 1.165) is 38.9 Å². The fraction of sp³-hybridized carbons (Fsp3) is 0.600. The minimum atomic E-state index is -0.0448. The van der Waals surface area contributed by atoms with Crippen molar-refractivity contribution in [2.24, 2.45) is 5.92 Å². The molecule has 2 aliphatic heterocycles. The Morgan fingerprint density at radius 2 is 1.74 bits per heavy atom. The number of nitrogens with zero attached hydrogens (tertiary/aromatic N) is 3. The highest BCUT2D eigenvalue weighted by atomic mass is 35.5. The van der Waals surface area contributed by atoms with Gasteiger partial charge in [0.25, 0.3) is 5.91 Å². The quantitative estimate of drug-likeness (QED) is 0.786. The smallest absolute Gasteiger partial charge is 0.260 e. The van der Waals surface area contributed by atoms with Crippen LogP contribution in [0.4, 0.5) is 0 Å². The molecule has 2 heterocycles. The van der Waals surface area contributed by atoms with Crippen LogP contribution in [-0.4, -0.2) is 79.4 Å². The largest absolute Gasteiger partial charge is 0.484 e. The normalized spacial score (nSPS) is 21.6. The van der Waals surface area contributed by atoms with Crippen LogP contribution in [0.2, 0.25) is 5.02 Å². The number of ether oxygens (including phenoxy) is 1. The van der Waals surface area contributed by atoms with E-state index in [1.165, 1.54) is 0 Å². The molecular weight excluding hydrogens is 366 g/mol. The number of halogens is 1. The number of hydrogen-bond acceptors (Lipinski definition) is 4. The van der Waals surface area contributed by atoms with Crippen molar-refractivity contribution < 1.29 is 14.3 Å². The van der Waals surface area contributed by atoms with Gasteiger partial charge < -0.3 is 19.4 Å². The van der Waals surface area contributed by atoms with Crippen molar-refractivity contribution in [1.29, 1.82) is 0 Å². The minimum absolute atomic E-state index is 0.00297. The highest BCUT2D eigenvalue weighted by Gasteiger charge is 2.29. The first-order chi connectivity index (χ1) is 13.0. The van der Waals surface area contributed by atoms with Gasteiger partial charge in [-0.25, -0.2) is 0 Å². The van der Waals surface area contributed by atoms with E-state index in [-0.39, 0.29) is 24.3 Å². The topological polar surface area (TPSA) is 53.1 Å². The Morgan fingerprint density at radius 3 is 2.48 bits per heavy atom. The van der Waals surface area contributed by atoms with Crippen LogP contribution < -0.4 is 4.74 Å². The first-order valence-corrected chi connectivity index (χ1v) is 10.0. The van der Waals surface area contributed by atoms with E-state index < -0.39 is 0 Å². The molecule has 2 saturated heterocycles. The Hall–Kier alpha value is -1.79. The molecule has 148 valence electrons. The van der Waals surface area contributed by atoms with Gasteiger partial charge in [-0.3, -0.25) is 9.59 Å². The molecule has 2 amide bonds. The SMILES string of the molecule is CN1CCCC(C(=O)N2CCCN(C(=O)COc3ccc(Cl)cc3)CC2)C1. The number of piperidine rings is 1. The Kier molecular flexibility index (Phi) is 6.96. The summed E-state index contributed by atoms with van der Waals surface area (Å²) in [6, 6.07) is 6.97. The Labute approximate surface area is 166 Å². The molecule has 0 bridgehead atoms. The zero-order valence-corrected chi connectivity index (χ0v) is 16.7. The van der Waals surface area contributed by atoms with Gasteiger partial charge in [-0.15, -0.1) is 0 Å². The summed E-state index contributed by atoms with van der Waals surface area (Å²) in [4.78, 5) is 31.3. The van der Waals surface area contributed by atoms with Crippen LogP contribution in [0.25, 0.3) is 0 Å². The van der Waals surface area contributed by atoms with Gasteiger partial charge in [0.2, 0.25) is 5.91 Å². The molecule has 2 aliphatic rings. The molecule has 1 atom stereocenters. The van der Waals surface area contributed by atoms with E-state index in [1.807, 2.05) is 4.90 Å². The molecule has 1 aromatic rings. The molecule has 3 rings (SSSR count). The second-order valence-corrected chi connectivity index (χ2v) is 7.84. The van der Waals surface area contributed by atoms with Crippen molar-refractivity contribution in [1.82, 2.24) is 14.7 Å². The molecule has 7 heteroatoms.